The average molecular weight is 618 g/mol. The highest BCUT2D eigenvalue weighted by Gasteiger charge is 2.42. The van der Waals surface area contributed by atoms with Crippen LogP contribution in [0.5, 0.6) is 11.5 Å². The lowest BCUT2D eigenvalue weighted by molar-refractivity contribution is -0.207. The highest BCUT2D eigenvalue weighted by Crippen LogP contribution is 2.37. The van der Waals surface area contributed by atoms with Gasteiger partial charge in [0.2, 0.25) is 5.95 Å². The van der Waals surface area contributed by atoms with Gasteiger partial charge in [0.05, 0.1) is 43.9 Å². The molecular formula is C30H31F4N5O5. The lowest BCUT2D eigenvalue weighted by Crippen LogP contribution is -2.43. The van der Waals surface area contributed by atoms with Gasteiger partial charge >= 0.3 is 12.1 Å². The van der Waals surface area contributed by atoms with E-state index in [4.69, 9.17) is 9.47 Å². The van der Waals surface area contributed by atoms with Crippen LogP contribution in [0, 0.1) is 5.82 Å². The van der Waals surface area contributed by atoms with Crippen LogP contribution in [0.3, 0.4) is 0 Å². The smallest absolute Gasteiger partial charge is 0.490 e. The number of hydrogen-bond donors (Lipinski definition) is 2. The molecule has 0 amide bonds. The summed E-state index contributed by atoms with van der Waals surface area (Å²) in [6, 6.07) is 14.3. The Balaban J connectivity index is 1.29. The van der Waals surface area contributed by atoms with E-state index in [1.165, 1.54) is 13.2 Å². The zero-order valence-corrected chi connectivity index (χ0v) is 24.0. The number of likely N-dealkylation sites (tertiary alicyclic amines) is 1. The number of piperidine rings is 1. The van der Waals surface area contributed by atoms with Crippen molar-refractivity contribution in [1.29, 1.82) is 0 Å². The number of fused-ring (bicyclic) bond motifs is 1. The first-order valence-corrected chi connectivity index (χ1v) is 13.8. The van der Waals surface area contributed by atoms with E-state index in [0.29, 0.717) is 48.7 Å². The monoisotopic (exact) mass is 617 g/mol. The van der Waals surface area contributed by atoms with Crippen molar-refractivity contribution in [2.75, 3.05) is 45.8 Å². The number of ether oxygens (including phenoxy) is 3. The van der Waals surface area contributed by atoms with Crippen molar-refractivity contribution >= 4 is 23.1 Å². The fraction of sp³-hybridized carbons (Fsp3) is 0.367. The number of aliphatic hydroxyl groups is 1. The molecule has 44 heavy (non-hydrogen) atoms. The minimum atomic E-state index is -5.14. The number of methoxy groups -OCH3 is 2. The van der Waals surface area contributed by atoms with Crippen LogP contribution in [0.1, 0.15) is 24.3 Å². The maximum Gasteiger partial charge on any atom is 0.490 e. The lowest BCUT2D eigenvalue weighted by Gasteiger charge is -2.34. The summed E-state index contributed by atoms with van der Waals surface area (Å²) in [7, 11) is 3.07. The van der Waals surface area contributed by atoms with E-state index >= 15 is 4.39 Å². The van der Waals surface area contributed by atoms with E-state index in [1.54, 1.807) is 28.8 Å². The van der Waals surface area contributed by atoms with Crippen LogP contribution in [0.15, 0.2) is 54.7 Å². The number of alkyl halides is 3. The van der Waals surface area contributed by atoms with Crippen molar-refractivity contribution in [3.05, 3.63) is 66.1 Å². The van der Waals surface area contributed by atoms with Crippen LogP contribution in [0.4, 0.5) is 29.2 Å². The fourth-order valence-electron chi connectivity index (χ4n) is 5.35. The molecule has 1 aliphatic heterocycles. The predicted octanol–water partition coefficient (Wildman–Crippen LogP) is 4.94. The second-order valence-corrected chi connectivity index (χ2v) is 10.3. The summed E-state index contributed by atoms with van der Waals surface area (Å²) >= 11 is 0. The summed E-state index contributed by atoms with van der Waals surface area (Å²) in [5.74, 6) is -1.71. The van der Waals surface area contributed by atoms with Gasteiger partial charge in [0, 0.05) is 18.2 Å². The number of para-hydroxylation sites is 1. The third-order valence-electron chi connectivity index (χ3n) is 7.54. The average Bonchev–Trinajstić information content (AvgIpc) is 3.44. The lowest BCUT2D eigenvalue weighted by atomic mass is 9.88. The molecule has 2 aromatic heterocycles. The number of carbonyl (C=O) groups is 1. The zero-order valence-electron chi connectivity index (χ0n) is 24.0. The van der Waals surface area contributed by atoms with Gasteiger partial charge in [-0.1, -0.05) is 12.1 Å². The minimum absolute atomic E-state index is 0.0653. The summed E-state index contributed by atoms with van der Waals surface area (Å²) in [5, 5.41) is 17.1. The van der Waals surface area contributed by atoms with Crippen molar-refractivity contribution in [3.63, 3.8) is 0 Å². The predicted molar refractivity (Wildman–Crippen MR) is 153 cm³/mol. The molecule has 0 aliphatic carbocycles. The van der Waals surface area contributed by atoms with Gasteiger partial charge in [0.25, 0.3) is 0 Å². The summed E-state index contributed by atoms with van der Waals surface area (Å²) in [6.45, 7) is 0.00644. The summed E-state index contributed by atoms with van der Waals surface area (Å²) < 4.78 is 70.3. The van der Waals surface area contributed by atoms with Crippen molar-refractivity contribution < 1.29 is 41.7 Å². The Hall–Kier alpha value is -4.43. The molecule has 0 bridgehead atoms. The fourth-order valence-corrected chi connectivity index (χ4v) is 5.35. The third-order valence-corrected chi connectivity index (χ3v) is 7.54. The number of benzene rings is 2. The highest BCUT2D eigenvalue weighted by atomic mass is 19.4. The van der Waals surface area contributed by atoms with Gasteiger partial charge in [-0.3, -0.25) is 4.90 Å². The molecule has 10 nitrogen and oxygen atoms in total. The number of rotatable bonds is 10. The number of aliphatic hydroxyl groups excluding tert-OH is 1. The van der Waals surface area contributed by atoms with E-state index in [0.717, 1.165) is 16.8 Å². The van der Waals surface area contributed by atoms with Crippen LogP contribution < -0.4 is 14.8 Å². The summed E-state index contributed by atoms with van der Waals surface area (Å²) in [4.78, 5) is 17.3. The molecule has 4 aromatic rings. The van der Waals surface area contributed by atoms with Crippen molar-refractivity contribution in [2.24, 2.45) is 0 Å². The molecule has 0 radical (unpaired) electrons. The van der Waals surface area contributed by atoms with E-state index in [1.807, 2.05) is 36.4 Å². The quantitative estimate of drug-likeness (QED) is 0.189. The molecule has 3 heterocycles. The molecule has 0 unspecified atom stereocenters. The number of hydrogen-bond acceptors (Lipinski definition) is 9. The van der Waals surface area contributed by atoms with Gasteiger partial charge in [-0.25, -0.2) is 18.7 Å². The first-order chi connectivity index (χ1) is 21.1. The number of aromatic nitrogens is 3. The number of esters is 1. The van der Waals surface area contributed by atoms with E-state index in [-0.39, 0.29) is 18.4 Å². The van der Waals surface area contributed by atoms with E-state index < -0.39 is 30.7 Å². The number of anilines is 2. The Morgan fingerprint density at radius 2 is 1.82 bits per heavy atom. The van der Waals surface area contributed by atoms with Gasteiger partial charge in [0.1, 0.15) is 23.4 Å². The molecule has 1 aliphatic rings. The van der Waals surface area contributed by atoms with Gasteiger partial charge < -0.3 is 24.6 Å². The summed E-state index contributed by atoms with van der Waals surface area (Å²) in [5.41, 5.74) is 3.14. The zero-order chi connectivity index (χ0) is 31.4. The Labute approximate surface area is 250 Å². The number of halogens is 4. The largest absolute Gasteiger partial charge is 0.496 e. The number of nitrogens with zero attached hydrogens (tertiary/aromatic N) is 4. The van der Waals surface area contributed by atoms with Crippen LogP contribution in [0.2, 0.25) is 0 Å². The van der Waals surface area contributed by atoms with Crippen LogP contribution in [-0.2, 0) is 9.53 Å². The molecule has 1 saturated heterocycles. The van der Waals surface area contributed by atoms with E-state index in [2.05, 4.69) is 20.1 Å². The molecule has 0 saturated carbocycles. The number of carbonyl (C=O) groups excluding carboxylic acids is 1. The molecule has 1 fully saturated rings. The van der Waals surface area contributed by atoms with Crippen molar-refractivity contribution in [3.8, 4) is 22.8 Å². The molecule has 2 aromatic carbocycles. The Morgan fingerprint density at radius 1 is 1.09 bits per heavy atom. The van der Waals surface area contributed by atoms with E-state index in [9.17, 15) is 23.1 Å². The third kappa shape index (κ3) is 6.70. The maximum atomic E-state index is 15.5. The standard InChI is InChI=1S/C30H31F4N5O5/c1-42-26-6-4-3-5-21(26)25-8-7-19-15-35-29(37-39(19)25)36-24-14-23(31)22(13-27(24)43-2)18-9-11-38(12-10-18)16-20(17-40)44-28(41)30(32,33)34/h3-8,13-15,18,20,40H,9-12,16-17H2,1-2H3,(H,36,37)/t20-/m1/s1. The van der Waals surface area contributed by atoms with Gasteiger partial charge in [-0.15, -0.1) is 5.10 Å². The number of nitrogens with one attached hydrogen (secondary N) is 1. The van der Waals surface area contributed by atoms with Crippen molar-refractivity contribution in [1.82, 2.24) is 19.5 Å². The molecule has 234 valence electrons. The molecule has 5 rings (SSSR count). The second-order valence-electron chi connectivity index (χ2n) is 10.3. The Kier molecular flexibility index (Phi) is 9.20. The SMILES string of the molecule is COc1cc(C2CCN(C[C@H](CO)OC(=O)C(F)(F)F)CC2)c(F)cc1Nc1ncc2ccc(-c3ccccc3OC)n2n1. The van der Waals surface area contributed by atoms with Crippen molar-refractivity contribution in [2.45, 2.75) is 31.0 Å². The minimum Gasteiger partial charge on any atom is -0.496 e. The summed E-state index contributed by atoms with van der Waals surface area (Å²) in [6.07, 6.45) is -3.82. The normalized spacial score (nSPS) is 15.2. The Morgan fingerprint density at radius 3 is 2.50 bits per heavy atom. The second kappa shape index (κ2) is 13.1. The highest BCUT2D eigenvalue weighted by molar-refractivity contribution is 5.76. The molecule has 14 heteroatoms. The van der Waals surface area contributed by atoms with Gasteiger partial charge in [-0.2, -0.15) is 13.2 Å². The first kappa shape index (κ1) is 31.0. The van der Waals surface area contributed by atoms with Crippen LogP contribution in [0.25, 0.3) is 16.8 Å². The topological polar surface area (TPSA) is 110 Å². The van der Waals surface area contributed by atoms with Gasteiger partial charge in [0.15, 0.2) is 0 Å². The Bertz CT molecular complexity index is 1620. The molecule has 1 atom stereocenters. The maximum absolute atomic E-state index is 15.5. The molecule has 0 spiro atoms. The van der Waals surface area contributed by atoms with Crippen LogP contribution >= 0.6 is 0 Å². The van der Waals surface area contributed by atoms with Crippen LogP contribution in [-0.4, -0.2) is 83.3 Å². The molecule has 2 N–H and O–H groups in total. The first-order valence-electron chi connectivity index (χ1n) is 13.8. The van der Waals surface area contributed by atoms with Gasteiger partial charge in [-0.05, 0) is 67.7 Å². The molecular weight excluding hydrogens is 586 g/mol.